The standard InChI is InChI=1S/C22H22N2O5S/c1-15-7-10-18(11-8-15)30(26,27)24-22(25)19-6-4-5-16(19)14-23-17-9-12-20(28-2)21(13-17)29-3/h4-14,23H,1-3H3,(H,24,25)/b16-14+. The van der Waals surface area contributed by atoms with Crippen LogP contribution in [0, 0.1) is 6.92 Å². The number of anilines is 1. The van der Waals surface area contributed by atoms with Gasteiger partial charge in [0.1, 0.15) is 0 Å². The van der Waals surface area contributed by atoms with Crippen molar-refractivity contribution in [2.45, 2.75) is 11.8 Å². The molecule has 0 atom stereocenters. The first-order valence-corrected chi connectivity index (χ1v) is 10.5. The number of aryl methyl sites for hydroxylation is 1. The molecule has 7 nitrogen and oxygen atoms in total. The molecule has 156 valence electrons. The van der Waals surface area contributed by atoms with Crippen molar-refractivity contribution in [2.75, 3.05) is 19.5 Å². The molecule has 0 aromatic heterocycles. The maximum atomic E-state index is 12.6. The molecule has 0 radical (unpaired) electrons. The third-order valence-corrected chi connectivity index (χ3v) is 5.78. The fraction of sp³-hybridized carbons (Fsp3) is 0.136. The van der Waals surface area contributed by atoms with Crippen LogP contribution in [-0.2, 0) is 14.8 Å². The molecule has 1 aliphatic rings. The number of hydrogen-bond acceptors (Lipinski definition) is 6. The van der Waals surface area contributed by atoms with E-state index in [1.54, 1.807) is 69.0 Å². The van der Waals surface area contributed by atoms with Gasteiger partial charge in [-0.25, -0.2) is 13.1 Å². The van der Waals surface area contributed by atoms with Gasteiger partial charge in [-0.15, -0.1) is 0 Å². The number of amides is 1. The van der Waals surface area contributed by atoms with Gasteiger partial charge in [-0.05, 0) is 37.3 Å². The second-order valence-corrected chi connectivity index (χ2v) is 8.18. The highest BCUT2D eigenvalue weighted by atomic mass is 32.2. The first-order chi connectivity index (χ1) is 14.3. The van der Waals surface area contributed by atoms with E-state index in [1.807, 2.05) is 6.92 Å². The van der Waals surface area contributed by atoms with Gasteiger partial charge in [0.05, 0.1) is 19.1 Å². The topological polar surface area (TPSA) is 93.7 Å². The fourth-order valence-corrected chi connectivity index (χ4v) is 3.77. The Morgan fingerprint density at radius 3 is 2.37 bits per heavy atom. The Hall–Kier alpha value is -3.52. The minimum absolute atomic E-state index is 0.0296. The van der Waals surface area contributed by atoms with Gasteiger partial charge in [-0.3, -0.25) is 4.79 Å². The number of nitrogens with one attached hydrogen (secondary N) is 2. The maximum Gasteiger partial charge on any atom is 0.265 e. The molecule has 1 amide bonds. The predicted molar refractivity (Wildman–Crippen MR) is 115 cm³/mol. The van der Waals surface area contributed by atoms with Crippen molar-refractivity contribution in [1.82, 2.24) is 4.72 Å². The molecule has 0 unspecified atom stereocenters. The summed E-state index contributed by atoms with van der Waals surface area (Å²) in [5.74, 6) is 0.444. The van der Waals surface area contributed by atoms with Crippen LogP contribution in [0.5, 0.6) is 11.5 Å². The van der Waals surface area contributed by atoms with Crippen molar-refractivity contribution < 1.29 is 22.7 Å². The largest absolute Gasteiger partial charge is 0.493 e. The van der Waals surface area contributed by atoms with Crippen LogP contribution in [0.1, 0.15) is 5.56 Å². The molecule has 30 heavy (non-hydrogen) atoms. The highest BCUT2D eigenvalue weighted by Crippen LogP contribution is 2.30. The van der Waals surface area contributed by atoms with Crippen molar-refractivity contribution in [3.8, 4) is 11.5 Å². The number of allylic oxidation sites excluding steroid dienone is 3. The third kappa shape index (κ3) is 4.72. The number of carbonyl (C=O) groups is 1. The number of carbonyl (C=O) groups excluding carboxylic acids is 1. The van der Waals surface area contributed by atoms with E-state index in [0.29, 0.717) is 22.8 Å². The molecule has 0 bridgehead atoms. The molecule has 0 heterocycles. The molecule has 0 saturated carbocycles. The second-order valence-electron chi connectivity index (χ2n) is 6.50. The fourth-order valence-electron chi connectivity index (χ4n) is 2.81. The molecule has 0 saturated heterocycles. The summed E-state index contributed by atoms with van der Waals surface area (Å²) in [6.07, 6.45) is 6.56. The van der Waals surface area contributed by atoms with Gasteiger partial charge in [0.15, 0.2) is 11.5 Å². The summed E-state index contributed by atoms with van der Waals surface area (Å²) in [7, 11) is -0.874. The van der Waals surface area contributed by atoms with Gasteiger partial charge in [-0.2, -0.15) is 0 Å². The van der Waals surface area contributed by atoms with E-state index in [1.165, 1.54) is 12.1 Å². The zero-order valence-corrected chi connectivity index (χ0v) is 17.6. The summed E-state index contributed by atoms with van der Waals surface area (Å²) < 4.78 is 37.6. The lowest BCUT2D eigenvalue weighted by Crippen LogP contribution is -2.31. The van der Waals surface area contributed by atoms with E-state index in [0.717, 1.165) is 5.56 Å². The Morgan fingerprint density at radius 1 is 1.00 bits per heavy atom. The van der Waals surface area contributed by atoms with Gasteiger partial charge in [0, 0.05) is 29.1 Å². The Balaban J connectivity index is 1.74. The van der Waals surface area contributed by atoms with Crippen LogP contribution in [0.25, 0.3) is 0 Å². The first kappa shape index (κ1) is 21.2. The van der Waals surface area contributed by atoms with E-state index in [9.17, 15) is 13.2 Å². The van der Waals surface area contributed by atoms with Crippen LogP contribution >= 0.6 is 0 Å². The zero-order valence-electron chi connectivity index (χ0n) is 16.8. The van der Waals surface area contributed by atoms with Crippen LogP contribution in [0.3, 0.4) is 0 Å². The Kier molecular flexibility index (Phi) is 6.27. The SMILES string of the molecule is COc1ccc(N/C=C2\C=CC=C2C(=O)NS(=O)(=O)c2ccc(C)cc2)cc1OC. The molecule has 0 aliphatic heterocycles. The first-order valence-electron chi connectivity index (χ1n) is 9.05. The van der Waals surface area contributed by atoms with E-state index < -0.39 is 15.9 Å². The van der Waals surface area contributed by atoms with Crippen LogP contribution < -0.4 is 19.5 Å². The minimum atomic E-state index is -3.97. The van der Waals surface area contributed by atoms with Crippen LogP contribution in [-0.4, -0.2) is 28.5 Å². The number of hydrogen-bond donors (Lipinski definition) is 2. The quantitative estimate of drug-likeness (QED) is 0.706. The molecule has 8 heteroatoms. The second kappa shape index (κ2) is 8.87. The molecule has 2 aromatic carbocycles. The molecular weight excluding hydrogens is 404 g/mol. The molecule has 0 fully saturated rings. The van der Waals surface area contributed by atoms with Crippen molar-refractivity contribution in [2.24, 2.45) is 0 Å². The van der Waals surface area contributed by atoms with E-state index >= 15 is 0 Å². The maximum absolute atomic E-state index is 12.6. The number of rotatable bonds is 7. The van der Waals surface area contributed by atoms with E-state index in [-0.39, 0.29) is 10.5 Å². The summed E-state index contributed by atoms with van der Waals surface area (Å²) in [4.78, 5) is 12.6. The Labute approximate surface area is 175 Å². The lowest BCUT2D eigenvalue weighted by atomic mass is 10.1. The van der Waals surface area contributed by atoms with E-state index in [2.05, 4.69) is 10.0 Å². The van der Waals surface area contributed by atoms with E-state index in [4.69, 9.17) is 9.47 Å². The number of sulfonamides is 1. The van der Waals surface area contributed by atoms with Gasteiger partial charge < -0.3 is 14.8 Å². The van der Waals surface area contributed by atoms with Crippen molar-refractivity contribution >= 4 is 21.6 Å². The molecule has 0 spiro atoms. The summed E-state index contributed by atoms with van der Waals surface area (Å²) in [5, 5.41) is 3.08. The summed E-state index contributed by atoms with van der Waals surface area (Å²) in [6, 6.07) is 11.6. The lowest BCUT2D eigenvalue weighted by Gasteiger charge is -2.11. The molecule has 2 N–H and O–H groups in total. The number of methoxy groups -OCH3 is 2. The smallest absolute Gasteiger partial charge is 0.265 e. The third-order valence-electron chi connectivity index (χ3n) is 4.43. The summed E-state index contributed by atoms with van der Waals surface area (Å²) in [5.41, 5.74) is 2.42. The normalized spacial score (nSPS) is 14.4. The Bertz CT molecular complexity index is 1150. The van der Waals surface area contributed by atoms with Gasteiger partial charge in [-0.1, -0.05) is 29.8 Å². The Morgan fingerprint density at radius 2 is 1.70 bits per heavy atom. The van der Waals surface area contributed by atoms with Crippen LogP contribution in [0.15, 0.2) is 82.9 Å². The average molecular weight is 426 g/mol. The number of benzene rings is 2. The molecule has 3 rings (SSSR count). The van der Waals surface area contributed by atoms with Crippen molar-refractivity contribution in [3.63, 3.8) is 0 Å². The molecule has 2 aromatic rings. The van der Waals surface area contributed by atoms with Crippen LogP contribution in [0.2, 0.25) is 0 Å². The molecular formula is C22H22N2O5S. The predicted octanol–water partition coefficient (Wildman–Crippen LogP) is 3.31. The van der Waals surface area contributed by atoms with Crippen molar-refractivity contribution in [1.29, 1.82) is 0 Å². The lowest BCUT2D eigenvalue weighted by molar-refractivity contribution is -0.115. The van der Waals surface area contributed by atoms with Crippen LogP contribution in [0.4, 0.5) is 5.69 Å². The summed E-state index contributed by atoms with van der Waals surface area (Å²) >= 11 is 0. The number of ether oxygens (including phenoxy) is 2. The van der Waals surface area contributed by atoms with Gasteiger partial charge >= 0.3 is 0 Å². The highest BCUT2D eigenvalue weighted by Gasteiger charge is 2.22. The zero-order chi connectivity index (χ0) is 21.7. The van der Waals surface area contributed by atoms with Gasteiger partial charge in [0.25, 0.3) is 15.9 Å². The monoisotopic (exact) mass is 426 g/mol. The van der Waals surface area contributed by atoms with Gasteiger partial charge in [0.2, 0.25) is 0 Å². The average Bonchev–Trinajstić information content (AvgIpc) is 3.21. The molecule has 1 aliphatic carbocycles. The highest BCUT2D eigenvalue weighted by molar-refractivity contribution is 7.90. The van der Waals surface area contributed by atoms with Crippen molar-refractivity contribution in [3.05, 3.63) is 83.6 Å². The minimum Gasteiger partial charge on any atom is -0.493 e. The summed E-state index contributed by atoms with van der Waals surface area (Å²) in [6.45, 7) is 1.85.